The van der Waals surface area contributed by atoms with E-state index in [9.17, 15) is 19.8 Å². The molecule has 7 heteroatoms. The molecule has 0 radical (unpaired) electrons. The number of aromatic hydroxyl groups is 2. The van der Waals surface area contributed by atoms with Gasteiger partial charge in [-0.15, -0.1) is 0 Å². The second-order valence-corrected chi connectivity index (χ2v) is 5.57. The summed E-state index contributed by atoms with van der Waals surface area (Å²) in [6.45, 7) is 3.53. The lowest BCUT2D eigenvalue weighted by Gasteiger charge is -2.18. The fourth-order valence-corrected chi connectivity index (χ4v) is 2.72. The molecule has 1 atom stereocenters. The van der Waals surface area contributed by atoms with Gasteiger partial charge < -0.3 is 24.7 Å². The van der Waals surface area contributed by atoms with Crippen LogP contribution in [0.5, 0.6) is 17.2 Å². The summed E-state index contributed by atoms with van der Waals surface area (Å²) >= 11 is 0. The van der Waals surface area contributed by atoms with Crippen LogP contribution in [0.15, 0.2) is 29.1 Å². The van der Waals surface area contributed by atoms with Crippen molar-refractivity contribution < 1.29 is 24.5 Å². The van der Waals surface area contributed by atoms with Gasteiger partial charge in [-0.1, -0.05) is 6.07 Å². The van der Waals surface area contributed by atoms with E-state index in [1.54, 1.807) is 19.9 Å². The second kappa shape index (κ2) is 7.74. The van der Waals surface area contributed by atoms with Crippen LogP contribution in [0, 0.1) is 6.92 Å². The van der Waals surface area contributed by atoms with Gasteiger partial charge in [-0.25, -0.2) is 0 Å². The first-order valence-corrected chi connectivity index (χ1v) is 7.82. The average molecular weight is 347 g/mol. The number of H-pyrrole nitrogens is 1. The van der Waals surface area contributed by atoms with E-state index >= 15 is 0 Å². The van der Waals surface area contributed by atoms with E-state index in [0.717, 1.165) is 0 Å². The summed E-state index contributed by atoms with van der Waals surface area (Å²) in [7, 11) is 1.42. The molecule has 3 N–H and O–H groups in total. The average Bonchev–Trinajstić information content (AvgIpc) is 2.53. The largest absolute Gasteiger partial charge is 0.507 e. The molecule has 0 saturated heterocycles. The van der Waals surface area contributed by atoms with Crippen LogP contribution in [0.1, 0.15) is 36.1 Å². The lowest BCUT2D eigenvalue weighted by molar-refractivity contribution is -0.143. The monoisotopic (exact) mass is 347 g/mol. The molecule has 1 heterocycles. The molecule has 0 aliphatic heterocycles. The number of carbonyl (C=O) groups excluding carboxylic acids is 1. The lowest BCUT2D eigenvalue weighted by Crippen LogP contribution is -2.21. The number of esters is 1. The minimum absolute atomic E-state index is 0.0446. The molecule has 2 rings (SSSR count). The molecule has 134 valence electrons. The van der Waals surface area contributed by atoms with Crippen molar-refractivity contribution in [3.63, 3.8) is 0 Å². The molecule has 0 amide bonds. The highest BCUT2D eigenvalue weighted by molar-refractivity contribution is 5.72. The first kappa shape index (κ1) is 18.4. The summed E-state index contributed by atoms with van der Waals surface area (Å²) in [4.78, 5) is 27.0. The third kappa shape index (κ3) is 4.12. The maximum absolute atomic E-state index is 12.4. The summed E-state index contributed by atoms with van der Waals surface area (Å²) in [6.07, 6.45) is -0.153. The predicted octanol–water partition coefficient (Wildman–Crippen LogP) is 2.19. The van der Waals surface area contributed by atoms with Gasteiger partial charge in [0.25, 0.3) is 5.56 Å². The van der Waals surface area contributed by atoms with E-state index < -0.39 is 17.4 Å². The van der Waals surface area contributed by atoms with Gasteiger partial charge in [0.1, 0.15) is 5.75 Å². The van der Waals surface area contributed by atoms with Crippen LogP contribution in [-0.2, 0) is 9.53 Å². The van der Waals surface area contributed by atoms with Crippen molar-refractivity contribution >= 4 is 5.97 Å². The van der Waals surface area contributed by atoms with Crippen molar-refractivity contribution in [3.05, 3.63) is 51.4 Å². The van der Waals surface area contributed by atoms with Gasteiger partial charge in [-0.05, 0) is 37.6 Å². The Hall–Kier alpha value is -2.96. The van der Waals surface area contributed by atoms with E-state index in [1.807, 2.05) is 0 Å². The van der Waals surface area contributed by atoms with Crippen molar-refractivity contribution in [3.8, 4) is 17.2 Å². The molecule has 7 nitrogen and oxygen atoms in total. The summed E-state index contributed by atoms with van der Waals surface area (Å²) in [5, 5.41) is 20.3. The van der Waals surface area contributed by atoms with Gasteiger partial charge in [0, 0.05) is 11.6 Å². The van der Waals surface area contributed by atoms with Crippen molar-refractivity contribution in [2.45, 2.75) is 26.2 Å². The fraction of sp³-hybridized carbons (Fsp3) is 0.333. The highest BCUT2D eigenvalue weighted by Crippen LogP contribution is 2.36. The van der Waals surface area contributed by atoms with Gasteiger partial charge in [0.15, 0.2) is 11.5 Å². The minimum Gasteiger partial charge on any atom is -0.507 e. The number of hydrogen-bond donors (Lipinski definition) is 3. The molecule has 1 aromatic carbocycles. The molecule has 1 aromatic heterocycles. The lowest BCUT2D eigenvalue weighted by atomic mass is 9.88. The number of ether oxygens (including phenoxy) is 2. The van der Waals surface area contributed by atoms with E-state index in [1.165, 1.54) is 25.3 Å². The number of nitrogens with one attached hydrogen (secondary N) is 1. The minimum atomic E-state index is -0.778. The third-order valence-electron chi connectivity index (χ3n) is 3.81. The highest BCUT2D eigenvalue weighted by Gasteiger charge is 2.26. The number of aryl methyl sites for hydroxylation is 1. The van der Waals surface area contributed by atoms with Crippen molar-refractivity contribution in [2.75, 3.05) is 13.7 Å². The van der Waals surface area contributed by atoms with Crippen LogP contribution in [0.2, 0.25) is 0 Å². The standard InChI is InChI=1S/C18H21NO6/c1-4-25-16(22)9-12(11-5-6-15(24-3)13(20)8-11)17-14(21)7-10(2)19-18(17)23/h5-8,12,20H,4,9H2,1-3H3,(H2,19,21,23)/t12-/m1/s1. The Kier molecular flexibility index (Phi) is 5.69. The number of aromatic amines is 1. The Bertz CT molecular complexity index is 827. The van der Waals surface area contributed by atoms with Crippen molar-refractivity contribution in [1.29, 1.82) is 0 Å². The summed E-state index contributed by atoms with van der Waals surface area (Å²) in [6, 6.07) is 5.98. The number of phenols is 1. The summed E-state index contributed by atoms with van der Waals surface area (Å²) < 4.78 is 9.98. The van der Waals surface area contributed by atoms with Crippen LogP contribution in [0.25, 0.3) is 0 Å². The van der Waals surface area contributed by atoms with Crippen molar-refractivity contribution in [1.82, 2.24) is 4.98 Å². The molecule has 2 aromatic rings. The topological polar surface area (TPSA) is 109 Å². The normalized spacial score (nSPS) is 11.8. The van der Waals surface area contributed by atoms with Gasteiger partial charge >= 0.3 is 5.97 Å². The van der Waals surface area contributed by atoms with Crippen molar-refractivity contribution in [2.24, 2.45) is 0 Å². The number of rotatable bonds is 6. The first-order chi connectivity index (χ1) is 11.9. The fourth-order valence-electron chi connectivity index (χ4n) is 2.72. The Labute approximate surface area is 144 Å². The zero-order chi connectivity index (χ0) is 18.6. The van der Waals surface area contributed by atoms with E-state index in [0.29, 0.717) is 11.3 Å². The molecule has 0 unspecified atom stereocenters. The van der Waals surface area contributed by atoms with Crippen LogP contribution in [-0.4, -0.2) is 34.9 Å². The maximum Gasteiger partial charge on any atom is 0.306 e. The SMILES string of the molecule is CCOC(=O)C[C@H](c1ccc(OC)c(O)c1)c1c(O)cc(C)[nH]c1=O. The second-order valence-electron chi connectivity index (χ2n) is 5.57. The Morgan fingerprint density at radius 3 is 2.52 bits per heavy atom. The quantitative estimate of drug-likeness (QED) is 0.691. The number of methoxy groups -OCH3 is 1. The summed E-state index contributed by atoms with van der Waals surface area (Å²) in [5.74, 6) is -1.37. The van der Waals surface area contributed by atoms with Crippen LogP contribution >= 0.6 is 0 Å². The highest BCUT2D eigenvalue weighted by atomic mass is 16.5. The van der Waals surface area contributed by atoms with Gasteiger partial charge in [0.05, 0.1) is 25.7 Å². The number of carbonyl (C=O) groups is 1. The molecular formula is C18H21NO6. The predicted molar refractivity (Wildman–Crippen MR) is 91.2 cm³/mol. The smallest absolute Gasteiger partial charge is 0.306 e. The zero-order valence-corrected chi connectivity index (χ0v) is 14.3. The van der Waals surface area contributed by atoms with Crippen LogP contribution in [0.4, 0.5) is 0 Å². The molecule has 0 fully saturated rings. The van der Waals surface area contributed by atoms with Gasteiger partial charge in [-0.3, -0.25) is 9.59 Å². The Morgan fingerprint density at radius 2 is 1.96 bits per heavy atom. The number of aromatic nitrogens is 1. The molecule has 0 bridgehead atoms. The molecule has 0 saturated carbocycles. The molecule has 0 aliphatic rings. The third-order valence-corrected chi connectivity index (χ3v) is 3.81. The Balaban J connectivity index is 2.56. The molecule has 25 heavy (non-hydrogen) atoms. The van der Waals surface area contributed by atoms with E-state index in [4.69, 9.17) is 9.47 Å². The Morgan fingerprint density at radius 1 is 1.24 bits per heavy atom. The maximum atomic E-state index is 12.4. The number of pyridine rings is 1. The molecular weight excluding hydrogens is 326 g/mol. The number of hydrogen-bond acceptors (Lipinski definition) is 6. The van der Waals surface area contributed by atoms with E-state index in [2.05, 4.69) is 4.98 Å². The van der Waals surface area contributed by atoms with Crippen LogP contribution < -0.4 is 10.3 Å². The summed E-state index contributed by atoms with van der Waals surface area (Å²) in [5.41, 5.74) is 0.528. The zero-order valence-electron chi connectivity index (χ0n) is 14.3. The number of phenolic OH excluding ortho intramolecular Hbond substituents is 1. The first-order valence-electron chi connectivity index (χ1n) is 7.82. The van der Waals surface area contributed by atoms with Gasteiger partial charge in [0.2, 0.25) is 0 Å². The molecule has 0 aliphatic carbocycles. The van der Waals surface area contributed by atoms with E-state index in [-0.39, 0.29) is 35.8 Å². The van der Waals surface area contributed by atoms with Crippen LogP contribution in [0.3, 0.4) is 0 Å². The number of benzene rings is 1. The van der Waals surface area contributed by atoms with Gasteiger partial charge in [-0.2, -0.15) is 0 Å². The molecule has 0 spiro atoms.